The molecule has 1 rings (SSSR count). The maximum Gasteiger partial charge on any atom is 0.272 e. The minimum atomic E-state index is -3.96. The predicted octanol–water partition coefficient (Wildman–Crippen LogP) is 6.73. The van der Waals surface area contributed by atoms with Gasteiger partial charge in [-0.25, -0.2) is 0 Å². The van der Waals surface area contributed by atoms with E-state index in [9.17, 15) is 13.0 Å². The van der Waals surface area contributed by atoms with Crippen molar-refractivity contribution >= 4 is 57.6 Å². The first kappa shape index (κ1) is 23.9. The summed E-state index contributed by atoms with van der Waals surface area (Å²) in [7, 11) is -3.96. The van der Waals surface area contributed by atoms with Crippen molar-refractivity contribution < 1.29 is 13.0 Å². The zero-order valence-electron chi connectivity index (χ0n) is 15.4. The first-order valence-electron chi connectivity index (χ1n) is 9.61. The highest BCUT2D eigenvalue weighted by Crippen LogP contribution is 2.25. The molecule has 3 nitrogen and oxygen atoms in total. The smallest absolute Gasteiger partial charge is 0.272 e. The van der Waals surface area contributed by atoms with Gasteiger partial charge in [0.2, 0.25) is 0 Å². The lowest BCUT2D eigenvalue weighted by Gasteiger charge is -2.15. The molecule has 0 spiro atoms. The molecule has 0 radical (unpaired) electrons. The van der Waals surface area contributed by atoms with E-state index in [0.717, 1.165) is 18.4 Å². The Morgan fingerprint density at radius 1 is 0.880 bits per heavy atom. The molecule has 1 N–H and O–H groups in total. The first-order chi connectivity index (χ1) is 12.1. The van der Waals surface area contributed by atoms with Gasteiger partial charge in [-0.15, -0.1) is 0 Å². The van der Waals surface area contributed by atoms with Crippen molar-refractivity contribution in [2.75, 3.05) is 0 Å². The standard InChI is InChI=1S/C19H34I2O3S/c1-2-3-4-5-6-7-8-9-10-11-12-13-14-19(25(22,23)24)18-15-20-17-21-16-18/h15-17,19H,2-14H2,1H3,(H,22,23,24). The molecule has 0 saturated heterocycles. The van der Waals surface area contributed by atoms with Crippen LogP contribution in [0.5, 0.6) is 0 Å². The Bertz CT molecular complexity index is 539. The Kier molecular flexibility index (Phi) is 14.2. The largest absolute Gasteiger partial charge is 0.285 e. The second kappa shape index (κ2) is 14.9. The van der Waals surface area contributed by atoms with E-state index < -0.39 is 15.4 Å². The molecule has 1 atom stereocenters. The molecule has 0 amide bonds. The highest BCUT2D eigenvalue weighted by molar-refractivity contribution is 14.3. The fourth-order valence-electron chi connectivity index (χ4n) is 3.04. The van der Waals surface area contributed by atoms with Crippen LogP contribution in [0.3, 0.4) is 0 Å². The minimum absolute atomic E-state index is 0.0899. The third kappa shape index (κ3) is 12.0. The van der Waals surface area contributed by atoms with E-state index in [1.807, 2.05) is 0 Å². The van der Waals surface area contributed by atoms with Crippen LogP contribution in [0.4, 0.5) is 0 Å². The molecule has 1 aliphatic rings. The molecule has 6 heteroatoms. The van der Waals surface area contributed by atoms with Crippen LogP contribution >= 0.6 is 41.5 Å². The molecule has 0 fully saturated rings. The van der Waals surface area contributed by atoms with Gasteiger partial charge < -0.3 is 0 Å². The first-order valence-corrected chi connectivity index (χ1v) is 16.1. The number of halogens is 2. The van der Waals surface area contributed by atoms with Gasteiger partial charge >= 0.3 is 0 Å². The van der Waals surface area contributed by atoms with Gasteiger partial charge in [0, 0.05) is 2.02 Å². The molecule has 0 aliphatic carbocycles. The Labute approximate surface area is 174 Å². The van der Waals surface area contributed by atoms with Gasteiger partial charge in [-0.1, -0.05) is 125 Å². The SMILES string of the molecule is CCCCCCCCCCCCCCC(C1=CI=CI=C1)S(=O)(=O)O. The number of rotatable bonds is 15. The van der Waals surface area contributed by atoms with Crippen LogP contribution < -0.4 is 0 Å². The van der Waals surface area contributed by atoms with E-state index in [1.165, 1.54) is 64.2 Å². The Morgan fingerprint density at radius 3 is 1.84 bits per heavy atom. The van der Waals surface area contributed by atoms with Crippen LogP contribution in [0.1, 0.15) is 90.4 Å². The molecule has 0 aromatic carbocycles. The van der Waals surface area contributed by atoms with Gasteiger partial charge in [0.25, 0.3) is 10.1 Å². The van der Waals surface area contributed by atoms with E-state index >= 15 is 0 Å². The second-order valence-corrected chi connectivity index (χ2v) is 14.6. The summed E-state index contributed by atoms with van der Waals surface area (Å²) in [5.74, 6) is 0. The van der Waals surface area contributed by atoms with Crippen molar-refractivity contribution in [3.8, 4) is 0 Å². The molecule has 0 saturated carbocycles. The normalized spacial score (nSPS) is 16.0. The maximum absolute atomic E-state index is 11.7. The van der Waals surface area contributed by atoms with Gasteiger partial charge in [-0.2, -0.15) is 8.42 Å². The summed E-state index contributed by atoms with van der Waals surface area (Å²) in [5.41, 5.74) is 0.897. The second-order valence-electron chi connectivity index (χ2n) is 6.73. The van der Waals surface area contributed by atoms with Crippen LogP contribution in [-0.4, -0.2) is 24.3 Å². The van der Waals surface area contributed by atoms with Gasteiger partial charge in [-0.3, -0.25) is 4.55 Å². The average Bonchev–Trinajstić information content (AvgIpc) is 2.58. The Hall–Kier alpha value is 0.850. The molecule has 0 aromatic heterocycles. The lowest BCUT2D eigenvalue weighted by atomic mass is 10.0. The zero-order chi connectivity index (χ0) is 18.4. The van der Waals surface area contributed by atoms with E-state index in [4.69, 9.17) is 0 Å². The number of unbranched alkanes of at least 4 members (excludes halogenated alkanes) is 11. The number of hydrogen-bond acceptors (Lipinski definition) is 2. The molecule has 25 heavy (non-hydrogen) atoms. The van der Waals surface area contributed by atoms with Crippen LogP contribution in [0.15, 0.2) is 9.66 Å². The Morgan fingerprint density at radius 2 is 1.40 bits per heavy atom. The maximum atomic E-state index is 11.7. The Balaban J connectivity index is 2.08. The minimum Gasteiger partial charge on any atom is -0.285 e. The van der Waals surface area contributed by atoms with Crippen molar-refractivity contribution in [2.45, 2.75) is 95.6 Å². The van der Waals surface area contributed by atoms with Gasteiger partial charge in [0.05, 0.1) is 0 Å². The molecular formula is C19H34I2O3S. The van der Waals surface area contributed by atoms with Crippen molar-refractivity contribution in [1.82, 2.24) is 0 Å². The summed E-state index contributed by atoms with van der Waals surface area (Å²) in [6, 6.07) is 0. The molecular weight excluding hydrogens is 562 g/mol. The number of hydrogen-bond donors (Lipinski definition) is 1. The summed E-state index contributed by atoms with van der Waals surface area (Å²) < 4.78 is 39.3. The lowest BCUT2D eigenvalue weighted by molar-refractivity contribution is 0.466. The third-order valence-corrected chi connectivity index (χ3v) is 12.1. The fraction of sp³-hybridized carbons (Fsp3) is 0.789. The van der Waals surface area contributed by atoms with Crippen LogP contribution in [0.2, 0.25) is 0 Å². The lowest BCUT2D eigenvalue weighted by Crippen LogP contribution is -2.23. The van der Waals surface area contributed by atoms with Crippen LogP contribution in [0.25, 0.3) is 0 Å². The van der Waals surface area contributed by atoms with Crippen molar-refractivity contribution in [1.29, 1.82) is 0 Å². The summed E-state index contributed by atoms with van der Waals surface area (Å²) in [6.07, 6.45) is 15.8. The fourth-order valence-corrected chi connectivity index (χ4v) is 10.5. The monoisotopic (exact) mass is 596 g/mol. The molecule has 1 heterocycles. The molecule has 1 unspecified atom stereocenters. The molecule has 0 aromatic rings. The molecule has 1 aliphatic heterocycles. The van der Waals surface area contributed by atoms with E-state index in [0.29, 0.717) is 6.42 Å². The zero-order valence-corrected chi connectivity index (χ0v) is 20.6. The summed E-state index contributed by atoms with van der Waals surface area (Å²) in [5, 5.41) is -0.663. The van der Waals surface area contributed by atoms with Gasteiger partial charge in [0.1, 0.15) is 5.25 Å². The predicted molar refractivity (Wildman–Crippen MR) is 129 cm³/mol. The van der Waals surface area contributed by atoms with Gasteiger partial charge in [0.15, 0.2) is 0 Å². The van der Waals surface area contributed by atoms with Crippen LogP contribution in [0, 0.1) is 0 Å². The van der Waals surface area contributed by atoms with Crippen LogP contribution in [-0.2, 0) is 10.1 Å². The molecule has 148 valence electrons. The average molecular weight is 596 g/mol. The van der Waals surface area contributed by atoms with Gasteiger partial charge in [-0.05, 0) is 20.1 Å². The highest BCUT2D eigenvalue weighted by atomic mass is 127. The topological polar surface area (TPSA) is 54.4 Å². The van der Waals surface area contributed by atoms with E-state index in [2.05, 4.69) is 17.0 Å². The third-order valence-electron chi connectivity index (χ3n) is 4.52. The summed E-state index contributed by atoms with van der Waals surface area (Å²) >= 11 is -0.180. The highest BCUT2D eigenvalue weighted by Gasteiger charge is 2.25. The van der Waals surface area contributed by atoms with E-state index in [-0.39, 0.29) is 41.5 Å². The van der Waals surface area contributed by atoms with Crippen molar-refractivity contribution in [3.63, 3.8) is 0 Å². The molecule has 0 bridgehead atoms. The summed E-state index contributed by atoms with van der Waals surface area (Å²) in [4.78, 5) is 0. The summed E-state index contributed by atoms with van der Waals surface area (Å²) in [6.45, 7) is 2.25. The van der Waals surface area contributed by atoms with E-state index in [1.54, 1.807) is 0 Å². The van der Waals surface area contributed by atoms with Crippen molar-refractivity contribution in [2.24, 2.45) is 0 Å². The van der Waals surface area contributed by atoms with Crippen molar-refractivity contribution in [3.05, 3.63) is 9.66 Å². The quantitative estimate of drug-likeness (QED) is 0.130.